The third-order valence-corrected chi connectivity index (χ3v) is 6.04. The maximum Gasteiger partial charge on any atom is 0.282 e. The molecule has 1 heterocycles. The van der Waals surface area contributed by atoms with Gasteiger partial charge in [-0.15, -0.1) is 0 Å². The number of alkyl halides is 2. The van der Waals surface area contributed by atoms with Gasteiger partial charge in [0, 0.05) is 22.4 Å². The number of rotatable bonds is 4. The molecule has 0 radical (unpaired) electrons. The summed E-state index contributed by atoms with van der Waals surface area (Å²) in [6.45, 7) is 1.78. The molecule has 0 aliphatic rings. The van der Waals surface area contributed by atoms with Gasteiger partial charge in [0.2, 0.25) is 0 Å². The summed E-state index contributed by atoms with van der Waals surface area (Å²) in [6.07, 6.45) is -2.19. The Morgan fingerprint density at radius 3 is 2.32 bits per heavy atom. The van der Waals surface area contributed by atoms with E-state index >= 15 is 0 Å². The highest BCUT2D eigenvalue weighted by atomic mass is 79.9. The summed E-state index contributed by atoms with van der Waals surface area (Å²) in [5.74, 6) is -2.31. The molecule has 148 valence electrons. The van der Waals surface area contributed by atoms with Crippen molar-refractivity contribution in [1.82, 2.24) is 9.78 Å². The second-order valence-corrected chi connectivity index (χ2v) is 8.98. The van der Waals surface area contributed by atoms with Crippen LogP contribution in [0.4, 0.5) is 17.6 Å². The second-order valence-electron chi connectivity index (χ2n) is 6.14. The minimum absolute atomic E-state index is 0.108. The molecule has 1 aromatic heterocycles. The van der Waals surface area contributed by atoms with Crippen LogP contribution in [0.3, 0.4) is 0 Å². The fourth-order valence-corrected chi connectivity index (χ4v) is 3.64. The van der Waals surface area contributed by atoms with Gasteiger partial charge in [-0.1, -0.05) is 22.0 Å². The largest absolute Gasteiger partial charge is 0.282 e. The van der Waals surface area contributed by atoms with Gasteiger partial charge in [-0.2, -0.15) is 5.10 Å². The third-order valence-electron chi connectivity index (χ3n) is 4.03. The molecule has 0 N–H and O–H groups in total. The Bertz CT molecular complexity index is 1180. The molecule has 0 saturated carbocycles. The van der Waals surface area contributed by atoms with Crippen LogP contribution in [0.5, 0.6) is 0 Å². The quantitative estimate of drug-likeness (QED) is 0.484. The van der Waals surface area contributed by atoms with Crippen molar-refractivity contribution >= 4 is 25.8 Å². The van der Waals surface area contributed by atoms with Gasteiger partial charge in [-0.3, -0.25) is 0 Å². The number of hydrogen-bond acceptors (Lipinski definition) is 3. The van der Waals surface area contributed by atoms with Crippen molar-refractivity contribution in [2.24, 2.45) is 0 Å². The number of aromatic nitrogens is 2. The molecule has 0 spiro atoms. The van der Waals surface area contributed by atoms with Crippen molar-refractivity contribution < 1.29 is 26.0 Å². The molecule has 10 heteroatoms. The lowest BCUT2D eigenvalue weighted by Gasteiger charge is -2.11. The zero-order chi connectivity index (χ0) is 20.8. The molecule has 0 bridgehead atoms. The SMILES string of the molecule is Cc1cc(-c2cc(C(F)F)nn2-c2cc(F)c(S(C)(=O)=O)cc2F)ccc1Br. The molecule has 0 amide bonds. The smallest absolute Gasteiger partial charge is 0.230 e. The number of sulfone groups is 1. The first-order valence-corrected chi connectivity index (χ1v) is 10.5. The lowest BCUT2D eigenvalue weighted by molar-refractivity contribution is 0.145. The fourth-order valence-electron chi connectivity index (χ4n) is 2.66. The molecule has 0 saturated heterocycles. The first-order valence-electron chi connectivity index (χ1n) is 7.83. The van der Waals surface area contributed by atoms with Crippen LogP contribution in [0.2, 0.25) is 0 Å². The normalized spacial score (nSPS) is 12.0. The molecular weight excluding hydrogens is 464 g/mol. The maximum atomic E-state index is 14.6. The van der Waals surface area contributed by atoms with E-state index in [4.69, 9.17) is 0 Å². The Balaban J connectivity index is 2.27. The van der Waals surface area contributed by atoms with Crippen LogP contribution in [0.1, 0.15) is 17.7 Å². The number of halogens is 5. The topological polar surface area (TPSA) is 52.0 Å². The van der Waals surface area contributed by atoms with Crippen molar-refractivity contribution in [2.45, 2.75) is 18.2 Å². The van der Waals surface area contributed by atoms with E-state index in [0.29, 0.717) is 17.7 Å². The summed E-state index contributed by atoms with van der Waals surface area (Å²) >= 11 is 3.33. The van der Waals surface area contributed by atoms with Crippen LogP contribution in [0, 0.1) is 18.6 Å². The average molecular weight is 477 g/mol. The Morgan fingerprint density at radius 1 is 1.07 bits per heavy atom. The molecule has 4 nitrogen and oxygen atoms in total. The van der Waals surface area contributed by atoms with E-state index in [9.17, 15) is 26.0 Å². The lowest BCUT2D eigenvalue weighted by Crippen LogP contribution is -2.08. The Labute approximate surface area is 166 Å². The maximum absolute atomic E-state index is 14.6. The molecule has 2 aromatic carbocycles. The van der Waals surface area contributed by atoms with Crippen LogP contribution in [0.25, 0.3) is 16.9 Å². The molecule has 0 aliphatic carbocycles. The monoisotopic (exact) mass is 476 g/mol. The van der Waals surface area contributed by atoms with E-state index in [0.717, 1.165) is 27.0 Å². The standard InChI is InChI=1S/C18H13BrF4N2O2S/c1-9-5-10(3-4-11(9)19)15-8-14(18(22)23)24-25(15)16-6-13(21)17(7-12(16)20)28(2,26)27/h3-8,18H,1-2H3. The van der Waals surface area contributed by atoms with Gasteiger partial charge in [-0.25, -0.2) is 30.7 Å². The molecule has 28 heavy (non-hydrogen) atoms. The van der Waals surface area contributed by atoms with Gasteiger partial charge in [0.25, 0.3) is 6.43 Å². The van der Waals surface area contributed by atoms with Crippen molar-refractivity contribution in [3.8, 4) is 16.9 Å². The number of aryl methyl sites for hydroxylation is 1. The van der Waals surface area contributed by atoms with E-state index in [1.165, 1.54) is 0 Å². The molecular formula is C18H13BrF4N2O2S. The third kappa shape index (κ3) is 3.83. The molecule has 0 fully saturated rings. The van der Waals surface area contributed by atoms with Gasteiger partial charge in [-0.05, 0) is 36.8 Å². The van der Waals surface area contributed by atoms with Gasteiger partial charge in [0.05, 0.1) is 5.69 Å². The predicted molar refractivity (Wildman–Crippen MR) is 99.4 cm³/mol. The highest BCUT2D eigenvalue weighted by Crippen LogP contribution is 2.32. The number of hydrogen-bond donors (Lipinski definition) is 0. The summed E-state index contributed by atoms with van der Waals surface area (Å²) in [7, 11) is -4.01. The predicted octanol–water partition coefficient (Wildman–Crippen LogP) is 5.23. The van der Waals surface area contributed by atoms with E-state index in [1.807, 2.05) is 0 Å². The minimum Gasteiger partial charge on any atom is -0.230 e. The Kier molecular flexibility index (Phi) is 5.37. The first kappa shape index (κ1) is 20.5. The zero-order valence-corrected chi connectivity index (χ0v) is 17.0. The van der Waals surface area contributed by atoms with E-state index < -0.39 is 44.2 Å². The van der Waals surface area contributed by atoms with Crippen LogP contribution >= 0.6 is 15.9 Å². The molecule has 3 aromatic rings. The average Bonchev–Trinajstić information content (AvgIpc) is 3.03. The van der Waals surface area contributed by atoms with E-state index in [2.05, 4.69) is 21.0 Å². The lowest BCUT2D eigenvalue weighted by atomic mass is 10.1. The molecule has 0 atom stereocenters. The summed E-state index contributed by atoms with van der Waals surface area (Å²) in [4.78, 5) is -0.823. The summed E-state index contributed by atoms with van der Waals surface area (Å²) in [6, 6.07) is 7.19. The Morgan fingerprint density at radius 2 is 1.75 bits per heavy atom. The van der Waals surface area contributed by atoms with Crippen molar-refractivity contribution in [2.75, 3.05) is 6.26 Å². The summed E-state index contributed by atoms with van der Waals surface area (Å²) < 4.78 is 80.1. The van der Waals surface area contributed by atoms with Crippen LogP contribution in [0.15, 0.2) is 45.8 Å². The second kappa shape index (κ2) is 7.32. The van der Waals surface area contributed by atoms with Gasteiger partial charge < -0.3 is 0 Å². The van der Waals surface area contributed by atoms with Crippen molar-refractivity contribution in [3.05, 3.63) is 63.8 Å². The summed E-state index contributed by atoms with van der Waals surface area (Å²) in [5.41, 5.74) is 0.251. The number of benzene rings is 2. The zero-order valence-electron chi connectivity index (χ0n) is 14.6. The molecule has 3 rings (SSSR count). The van der Waals surface area contributed by atoms with Crippen LogP contribution in [-0.2, 0) is 9.84 Å². The van der Waals surface area contributed by atoms with Crippen LogP contribution < -0.4 is 0 Å². The highest BCUT2D eigenvalue weighted by molar-refractivity contribution is 9.10. The minimum atomic E-state index is -4.01. The molecule has 0 unspecified atom stereocenters. The fraction of sp³-hybridized carbons (Fsp3) is 0.167. The van der Waals surface area contributed by atoms with E-state index in [1.54, 1.807) is 25.1 Å². The first-order chi connectivity index (χ1) is 13.0. The number of nitrogens with zero attached hydrogens (tertiary/aromatic N) is 2. The van der Waals surface area contributed by atoms with Gasteiger partial charge in [0.1, 0.15) is 27.9 Å². The van der Waals surface area contributed by atoms with Gasteiger partial charge in [0.15, 0.2) is 9.84 Å². The van der Waals surface area contributed by atoms with Crippen molar-refractivity contribution in [3.63, 3.8) is 0 Å². The Hall–Kier alpha value is -2.20. The van der Waals surface area contributed by atoms with Crippen LogP contribution in [-0.4, -0.2) is 24.5 Å². The van der Waals surface area contributed by atoms with Crippen molar-refractivity contribution in [1.29, 1.82) is 0 Å². The van der Waals surface area contributed by atoms with E-state index in [-0.39, 0.29) is 5.69 Å². The highest BCUT2D eigenvalue weighted by Gasteiger charge is 2.23. The van der Waals surface area contributed by atoms with Gasteiger partial charge >= 0.3 is 0 Å². The molecule has 0 aliphatic heterocycles. The summed E-state index contributed by atoms with van der Waals surface area (Å²) in [5, 5.41) is 3.70.